The Labute approximate surface area is 140 Å². The Hall–Kier alpha value is -1.92. The number of carbonyl (C=O) groups is 1. The number of carbonyl (C=O) groups excluding carboxylic acids is 1. The second kappa shape index (κ2) is 6.06. The fourth-order valence-corrected chi connectivity index (χ4v) is 3.47. The van der Waals surface area contributed by atoms with Crippen LogP contribution in [0.15, 0.2) is 40.9 Å². The van der Waals surface area contributed by atoms with Crippen LogP contribution >= 0.6 is 27.3 Å². The number of methoxy groups -OCH3 is 1. The number of benzene rings is 2. The summed E-state index contributed by atoms with van der Waals surface area (Å²) in [7, 11) is 1.61. The number of nitrogens with zero attached hydrogens (tertiary/aromatic N) is 1. The van der Waals surface area contributed by atoms with Crippen molar-refractivity contribution in [3.05, 3.63) is 52.0 Å². The second-order valence-corrected chi connectivity index (χ2v) is 6.66. The third-order valence-electron chi connectivity index (χ3n) is 3.23. The van der Waals surface area contributed by atoms with Gasteiger partial charge in [-0.05, 0) is 36.8 Å². The van der Waals surface area contributed by atoms with Gasteiger partial charge < -0.3 is 4.74 Å². The van der Waals surface area contributed by atoms with Crippen LogP contribution in [-0.2, 0) is 0 Å². The van der Waals surface area contributed by atoms with E-state index in [0.717, 1.165) is 20.3 Å². The third-order valence-corrected chi connectivity index (χ3v) is 4.83. The van der Waals surface area contributed by atoms with Crippen molar-refractivity contribution in [3.63, 3.8) is 0 Å². The highest BCUT2D eigenvalue weighted by atomic mass is 79.9. The molecular formula is C16H13BrN2O2S. The molecule has 3 rings (SSSR count). The zero-order valence-corrected chi connectivity index (χ0v) is 14.4. The van der Waals surface area contributed by atoms with Gasteiger partial charge in [0.05, 0.1) is 11.8 Å². The molecule has 0 aliphatic carbocycles. The molecule has 1 N–H and O–H groups in total. The fourth-order valence-electron chi connectivity index (χ4n) is 2.13. The number of nitrogens with one attached hydrogen (secondary N) is 1. The molecule has 112 valence electrons. The Balaban J connectivity index is 1.94. The molecule has 3 aromatic rings. The Kier molecular flexibility index (Phi) is 4.13. The van der Waals surface area contributed by atoms with E-state index in [4.69, 9.17) is 4.74 Å². The molecule has 0 spiro atoms. The van der Waals surface area contributed by atoms with Gasteiger partial charge in [-0.2, -0.15) is 0 Å². The molecule has 0 bridgehead atoms. The van der Waals surface area contributed by atoms with Gasteiger partial charge in [-0.25, -0.2) is 4.98 Å². The van der Waals surface area contributed by atoms with Crippen LogP contribution in [0.4, 0.5) is 5.13 Å². The average molecular weight is 377 g/mol. The molecule has 1 aromatic heterocycles. The predicted molar refractivity (Wildman–Crippen MR) is 93.0 cm³/mol. The highest BCUT2D eigenvalue weighted by Gasteiger charge is 2.14. The van der Waals surface area contributed by atoms with E-state index in [2.05, 4.69) is 26.2 Å². The molecule has 1 amide bonds. The number of anilines is 1. The van der Waals surface area contributed by atoms with Gasteiger partial charge in [0.15, 0.2) is 5.13 Å². The Morgan fingerprint density at radius 1 is 1.32 bits per heavy atom. The number of hydrogen-bond donors (Lipinski definition) is 1. The van der Waals surface area contributed by atoms with E-state index in [1.165, 1.54) is 11.3 Å². The van der Waals surface area contributed by atoms with E-state index >= 15 is 0 Å². The summed E-state index contributed by atoms with van der Waals surface area (Å²) in [5, 5.41) is 3.41. The van der Waals surface area contributed by atoms with E-state index in [0.29, 0.717) is 16.4 Å². The maximum absolute atomic E-state index is 12.3. The molecule has 0 saturated carbocycles. The zero-order valence-electron chi connectivity index (χ0n) is 12.0. The van der Waals surface area contributed by atoms with Crippen molar-refractivity contribution in [1.82, 2.24) is 4.98 Å². The quantitative estimate of drug-likeness (QED) is 0.724. The number of fused-ring (bicyclic) bond motifs is 1. The van der Waals surface area contributed by atoms with E-state index < -0.39 is 0 Å². The van der Waals surface area contributed by atoms with Crippen molar-refractivity contribution in [2.45, 2.75) is 6.92 Å². The Morgan fingerprint density at radius 3 is 2.86 bits per heavy atom. The summed E-state index contributed by atoms with van der Waals surface area (Å²) in [6.45, 7) is 2.01. The van der Waals surface area contributed by atoms with Gasteiger partial charge in [-0.3, -0.25) is 10.1 Å². The second-order valence-electron chi connectivity index (χ2n) is 4.75. The monoisotopic (exact) mass is 376 g/mol. The van der Waals surface area contributed by atoms with Gasteiger partial charge in [0, 0.05) is 10.0 Å². The Morgan fingerprint density at radius 2 is 2.14 bits per heavy atom. The third kappa shape index (κ3) is 2.84. The van der Waals surface area contributed by atoms with Crippen LogP contribution in [0.1, 0.15) is 15.9 Å². The summed E-state index contributed by atoms with van der Waals surface area (Å²) < 4.78 is 7.21. The molecule has 0 unspecified atom stereocenters. The zero-order chi connectivity index (χ0) is 15.7. The minimum atomic E-state index is -0.183. The lowest BCUT2D eigenvalue weighted by molar-refractivity contribution is 0.102. The molecule has 6 heteroatoms. The lowest BCUT2D eigenvalue weighted by Crippen LogP contribution is -2.11. The molecule has 2 aromatic carbocycles. The summed E-state index contributed by atoms with van der Waals surface area (Å²) in [5.74, 6) is 0.525. The molecule has 0 aliphatic rings. The van der Waals surface area contributed by atoms with Crippen LogP contribution in [0.5, 0.6) is 5.75 Å². The smallest absolute Gasteiger partial charge is 0.257 e. The number of rotatable bonds is 3. The van der Waals surface area contributed by atoms with Crippen LogP contribution < -0.4 is 10.1 Å². The summed E-state index contributed by atoms with van der Waals surface area (Å²) in [5.41, 5.74) is 2.46. The Bertz CT molecular complexity index is 860. The maximum Gasteiger partial charge on any atom is 0.257 e. The van der Waals surface area contributed by atoms with Crippen LogP contribution in [0.2, 0.25) is 0 Å². The van der Waals surface area contributed by atoms with Crippen LogP contribution in [0.3, 0.4) is 0 Å². The highest BCUT2D eigenvalue weighted by Crippen LogP contribution is 2.34. The fraction of sp³-hybridized carbons (Fsp3) is 0.125. The topological polar surface area (TPSA) is 51.2 Å². The number of amides is 1. The van der Waals surface area contributed by atoms with E-state index in [9.17, 15) is 4.79 Å². The molecule has 22 heavy (non-hydrogen) atoms. The van der Waals surface area contributed by atoms with Crippen molar-refractivity contribution in [1.29, 1.82) is 0 Å². The molecule has 0 fully saturated rings. The van der Waals surface area contributed by atoms with E-state index in [1.807, 2.05) is 31.2 Å². The standard InChI is InChI=1S/C16H13BrN2O2S/c1-9-6-7-12(21-2)13-14(9)22-16(18-13)19-15(20)10-4-3-5-11(17)8-10/h3-8H,1-2H3,(H,18,19,20). The first-order valence-corrected chi connectivity index (χ1v) is 8.20. The molecule has 0 atom stereocenters. The molecule has 0 saturated heterocycles. The first-order valence-electron chi connectivity index (χ1n) is 6.59. The van der Waals surface area contributed by atoms with Gasteiger partial charge in [0.2, 0.25) is 0 Å². The van der Waals surface area contributed by atoms with Crippen molar-refractivity contribution in [2.24, 2.45) is 0 Å². The molecular weight excluding hydrogens is 364 g/mol. The molecule has 0 radical (unpaired) electrons. The average Bonchev–Trinajstić information content (AvgIpc) is 2.92. The van der Waals surface area contributed by atoms with Crippen LogP contribution in [-0.4, -0.2) is 18.0 Å². The molecule has 1 heterocycles. The van der Waals surface area contributed by atoms with Crippen molar-refractivity contribution in [3.8, 4) is 5.75 Å². The van der Waals surface area contributed by atoms with Gasteiger partial charge in [0.1, 0.15) is 11.3 Å². The first-order chi connectivity index (χ1) is 10.6. The van der Waals surface area contributed by atoms with Crippen LogP contribution in [0, 0.1) is 6.92 Å². The lowest BCUT2D eigenvalue weighted by atomic mass is 10.2. The van der Waals surface area contributed by atoms with E-state index in [-0.39, 0.29) is 5.91 Å². The first kappa shape index (κ1) is 15.0. The minimum absolute atomic E-state index is 0.183. The summed E-state index contributed by atoms with van der Waals surface area (Å²) in [4.78, 5) is 16.8. The summed E-state index contributed by atoms with van der Waals surface area (Å²) in [6.07, 6.45) is 0. The summed E-state index contributed by atoms with van der Waals surface area (Å²) >= 11 is 4.81. The maximum atomic E-state index is 12.3. The lowest BCUT2D eigenvalue weighted by Gasteiger charge is -2.02. The number of halogens is 1. The normalized spacial score (nSPS) is 10.7. The van der Waals surface area contributed by atoms with E-state index in [1.54, 1.807) is 19.2 Å². The van der Waals surface area contributed by atoms with Crippen LogP contribution in [0.25, 0.3) is 10.2 Å². The minimum Gasteiger partial charge on any atom is -0.494 e. The number of thiazole rings is 1. The van der Waals surface area contributed by atoms with Gasteiger partial charge >= 0.3 is 0 Å². The van der Waals surface area contributed by atoms with Crippen molar-refractivity contribution >= 4 is 48.5 Å². The summed E-state index contributed by atoms with van der Waals surface area (Å²) in [6, 6.07) is 11.1. The van der Waals surface area contributed by atoms with Crippen molar-refractivity contribution < 1.29 is 9.53 Å². The largest absolute Gasteiger partial charge is 0.494 e. The van der Waals surface area contributed by atoms with Gasteiger partial charge in [-0.1, -0.05) is 39.4 Å². The van der Waals surface area contributed by atoms with Gasteiger partial charge in [-0.15, -0.1) is 0 Å². The number of hydrogen-bond acceptors (Lipinski definition) is 4. The molecule has 4 nitrogen and oxygen atoms in total. The number of ether oxygens (including phenoxy) is 1. The molecule has 0 aliphatic heterocycles. The predicted octanol–water partition coefficient (Wildman–Crippen LogP) is 4.63. The highest BCUT2D eigenvalue weighted by molar-refractivity contribution is 9.10. The number of aryl methyl sites for hydroxylation is 1. The van der Waals surface area contributed by atoms with Gasteiger partial charge in [0.25, 0.3) is 5.91 Å². The number of aromatic nitrogens is 1. The van der Waals surface area contributed by atoms with Crippen molar-refractivity contribution in [2.75, 3.05) is 12.4 Å². The SMILES string of the molecule is COc1ccc(C)c2sc(NC(=O)c3cccc(Br)c3)nc12.